The fraction of sp³-hybridized carbons (Fsp3) is 0.235. The molecule has 10 heteroatoms. The maximum Gasteiger partial charge on any atom is 0.416 e. The smallest absolute Gasteiger partial charge is 0.351 e. The topological polar surface area (TPSA) is 72.2 Å². The first-order valence-electron chi connectivity index (χ1n) is 7.58. The van der Waals surface area contributed by atoms with E-state index in [1.165, 1.54) is 12.1 Å². The van der Waals surface area contributed by atoms with Gasteiger partial charge in [-0.25, -0.2) is 4.39 Å². The molecule has 0 heterocycles. The Balaban J connectivity index is 1.99. The van der Waals surface area contributed by atoms with Gasteiger partial charge in [-0.15, -0.1) is 11.8 Å². The summed E-state index contributed by atoms with van der Waals surface area (Å²) in [4.78, 5) is 21.9. The molecule has 144 valence electrons. The first kappa shape index (κ1) is 20.7. The van der Waals surface area contributed by atoms with Gasteiger partial charge in [-0.3, -0.25) is 14.9 Å². The summed E-state index contributed by atoms with van der Waals surface area (Å²) in [5.74, 6) is -1.04. The van der Waals surface area contributed by atoms with Gasteiger partial charge < -0.3 is 5.32 Å². The van der Waals surface area contributed by atoms with Gasteiger partial charge in [-0.1, -0.05) is 12.1 Å². The molecule has 27 heavy (non-hydrogen) atoms. The van der Waals surface area contributed by atoms with E-state index in [1.54, 1.807) is 13.0 Å². The highest BCUT2D eigenvalue weighted by Gasteiger charge is 2.33. The lowest BCUT2D eigenvalue weighted by Gasteiger charge is -2.09. The Bertz CT molecular complexity index is 872. The molecule has 5 nitrogen and oxygen atoms in total. The number of carbonyl (C=O) groups excluding carboxylic acids is 1. The second kappa shape index (κ2) is 8.38. The van der Waals surface area contributed by atoms with Crippen molar-refractivity contribution in [3.63, 3.8) is 0 Å². The van der Waals surface area contributed by atoms with E-state index in [9.17, 15) is 32.5 Å². The van der Waals surface area contributed by atoms with Crippen molar-refractivity contribution >= 4 is 23.4 Å². The van der Waals surface area contributed by atoms with E-state index in [0.29, 0.717) is 17.2 Å². The van der Waals surface area contributed by atoms with Crippen molar-refractivity contribution in [1.29, 1.82) is 0 Å². The van der Waals surface area contributed by atoms with Crippen LogP contribution < -0.4 is 5.32 Å². The zero-order valence-electron chi connectivity index (χ0n) is 14.0. The SMILES string of the molecule is Cc1cc(CNC(=O)CSc2ccc(C(F)(F)F)cc2[N+](=O)[O-])ccc1F. The maximum absolute atomic E-state index is 13.2. The van der Waals surface area contributed by atoms with Crippen molar-refractivity contribution in [2.45, 2.75) is 24.5 Å². The normalized spacial score (nSPS) is 11.3. The second-order valence-corrected chi connectivity index (χ2v) is 6.60. The standard InChI is InChI=1S/C17H14F4N2O3S/c1-10-6-11(2-4-13(10)18)8-22-16(24)9-27-15-5-3-12(17(19,20)21)7-14(15)23(25)26/h2-7H,8-9H2,1H3,(H,22,24). The fourth-order valence-electron chi connectivity index (χ4n) is 2.17. The predicted molar refractivity (Wildman–Crippen MR) is 91.8 cm³/mol. The fourth-order valence-corrected chi connectivity index (χ4v) is 3.00. The summed E-state index contributed by atoms with van der Waals surface area (Å²) in [6, 6.07) is 6.51. The van der Waals surface area contributed by atoms with Crippen molar-refractivity contribution in [3.8, 4) is 0 Å². The van der Waals surface area contributed by atoms with E-state index in [1.807, 2.05) is 0 Å². The lowest BCUT2D eigenvalue weighted by Crippen LogP contribution is -2.24. The van der Waals surface area contributed by atoms with Gasteiger partial charge in [-0.05, 0) is 36.2 Å². The van der Waals surface area contributed by atoms with Crippen LogP contribution in [-0.4, -0.2) is 16.6 Å². The Morgan fingerprint density at radius 2 is 1.93 bits per heavy atom. The summed E-state index contributed by atoms with van der Waals surface area (Å²) in [5, 5.41) is 13.6. The summed E-state index contributed by atoms with van der Waals surface area (Å²) in [7, 11) is 0. The second-order valence-electron chi connectivity index (χ2n) is 5.59. The molecule has 2 rings (SSSR count). The lowest BCUT2D eigenvalue weighted by atomic mass is 10.1. The molecule has 0 atom stereocenters. The van der Waals surface area contributed by atoms with Crippen molar-refractivity contribution < 1.29 is 27.3 Å². The van der Waals surface area contributed by atoms with Gasteiger partial charge in [-0.2, -0.15) is 13.2 Å². The van der Waals surface area contributed by atoms with Gasteiger partial charge in [0.15, 0.2) is 0 Å². The monoisotopic (exact) mass is 402 g/mol. The molecule has 0 bridgehead atoms. The van der Waals surface area contributed by atoms with Crippen LogP contribution >= 0.6 is 11.8 Å². The third-order valence-corrected chi connectivity index (χ3v) is 4.62. The number of halogens is 4. The number of hydrogen-bond donors (Lipinski definition) is 1. The van der Waals surface area contributed by atoms with Gasteiger partial charge in [0.1, 0.15) is 5.82 Å². The van der Waals surface area contributed by atoms with Crippen LogP contribution in [0.3, 0.4) is 0 Å². The Kier molecular flexibility index (Phi) is 6.42. The molecule has 0 unspecified atom stereocenters. The zero-order valence-corrected chi connectivity index (χ0v) is 14.8. The van der Waals surface area contributed by atoms with E-state index in [2.05, 4.69) is 5.32 Å². The number of alkyl halides is 3. The number of nitro groups is 1. The zero-order chi connectivity index (χ0) is 20.2. The van der Waals surface area contributed by atoms with Crippen LogP contribution in [0.1, 0.15) is 16.7 Å². The molecule has 2 aromatic rings. The minimum Gasteiger partial charge on any atom is -0.351 e. The number of benzene rings is 2. The molecule has 0 spiro atoms. The van der Waals surface area contributed by atoms with Gasteiger partial charge >= 0.3 is 6.18 Å². The number of carbonyl (C=O) groups is 1. The largest absolute Gasteiger partial charge is 0.416 e. The van der Waals surface area contributed by atoms with Crippen molar-refractivity contribution in [1.82, 2.24) is 5.32 Å². The van der Waals surface area contributed by atoms with E-state index in [4.69, 9.17) is 0 Å². The summed E-state index contributed by atoms with van der Waals surface area (Å²) in [6.07, 6.45) is -4.70. The molecular formula is C17H14F4N2O3S. The van der Waals surface area contributed by atoms with E-state index in [-0.39, 0.29) is 23.0 Å². The molecule has 1 amide bonds. The van der Waals surface area contributed by atoms with Crippen LogP contribution in [0.5, 0.6) is 0 Å². The highest BCUT2D eigenvalue weighted by Crippen LogP contribution is 2.36. The van der Waals surface area contributed by atoms with E-state index in [0.717, 1.165) is 23.9 Å². The number of hydrogen-bond acceptors (Lipinski definition) is 4. The Morgan fingerprint density at radius 3 is 2.52 bits per heavy atom. The lowest BCUT2D eigenvalue weighted by molar-refractivity contribution is -0.388. The molecule has 0 radical (unpaired) electrons. The van der Waals surface area contributed by atoms with Gasteiger partial charge in [0.2, 0.25) is 5.91 Å². The van der Waals surface area contributed by atoms with Crippen LogP contribution in [0, 0.1) is 22.9 Å². The number of nitro benzene ring substituents is 1. The molecule has 1 N–H and O–H groups in total. The van der Waals surface area contributed by atoms with Crippen molar-refractivity contribution in [2.75, 3.05) is 5.75 Å². The summed E-state index contributed by atoms with van der Waals surface area (Å²) < 4.78 is 51.2. The number of rotatable bonds is 6. The first-order chi connectivity index (χ1) is 12.6. The van der Waals surface area contributed by atoms with Crippen LogP contribution in [0.4, 0.5) is 23.2 Å². The Morgan fingerprint density at radius 1 is 1.22 bits per heavy atom. The number of aryl methyl sites for hydroxylation is 1. The van der Waals surface area contributed by atoms with Gasteiger partial charge in [0.05, 0.1) is 21.1 Å². The maximum atomic E-state index is 13.2. The summed E-state index contributed by atoms with van der Waals surface area (Å²) in [6.45, 7) is 1.72. The molecule has 0 saturated heterocycles. The quantitative estimate of drug-likeness (QED) is 0.335. The third-order valence-electron chi connectivity index (χ3n) is 3.55. The van der Waals surface area contributed by atoms with Crippen LogP contribution in [0.25, 0.3) is 0 Å². The molecule has 0 aliphatic carbocycles. The minimum atomic E-state index is -4.70. The highest BCUT2D eigenvalue weighted by molar-refractivity contribution is 8.00. The summed E-state index contributed by atoms with van der Waals surface area (Å²) in [5.41, 5.74) is -0.740. The number of amides is 1. The third kappa shape index (κ3) is 5.68. The Labute approximate surface area is 155 Å². The highest BCUT2D eigenvalue weighted by atomic mass is 32.2. The minimum absolute atomic E-state index is 0.0409. The molecule has 0 aliphatic rings. The van der Waals surface area contributed by atoms with E-state index >= 15 is 0 Å². The molecular weight excluding hydrogens is 388 g/mol. The number of nitrogens with one attached hydrogen (secondary N) is 1. The van der Waals surface area contributed by atoms with E-state index < -0.39 is 28.3 Å². The summed E-state index contributed by atoms with van der Waals surface area (Å²) >= 11 is 0.762. The average molecular weight is 402 g/mol. The predicted octanol–water partition coefficient (Wildman–Crippen LogP) is 4.47. The molecule has 0 fully saturated rings. The van der Waals surface area contributed by atoms with Crippen molar-refractivity contribution in [2.24, 2.45) is 0 Å². The van der Waals surface area contributed by atoms with Gasteiger partial charge in [0, 0.05) is 12.6 Å². The van der Waals surface area contributed by atoms with Gasteiger partial charge in [0.25, 0.3) is 5.69 Å². The number of thioether (sulfide) groups is 1. The van der Waals surface area contributed by atoms with Crippen LogP contribution in [-0.2, 0) is 17.5 Å². The number of nitrogens with zero attached hydrogens (tertiary/aromatic N) is 1. The van der Waals surface area contributed by atoms with Crippen molar-refractivity contribution in [3.05, 3.63) is 69.0 Å². The molecule has 0 aromatic heterocycles. The molecule has 2 aromatic carbocycles. The molecule has 0 saturated carbocycles. The van der Waals surface area contributed by atoms with Crippen LogP contribution in [0.2, 0.25) is 0 Å². The molecule has 0 aliphatic heterocycles. The first-order valence-corrected chi connectivity index (χ1v) is 8.56. The van der Waals surface area contributed by atoms with Crippen LogP contribution in [0.15, 0.2) is 41.3 Å². The Hall–Kier alpha value is -2.62. The average Bonchev–Trinajstić information content (AvgIpc) is 2.59.